The molecule has 0 aliphatic heterocycles. The van der Waals surface area contributed by atoms with Crippen LogP contribution in [0.15, 0.2) is 82.7 Å². The molecule has 0 unspecified atom stereocenters. The van der Waals surface area contributed by atoms with E-state index in [1.807, 2.05) is 12.3 Å². The van der Waals surface area contributed by atoms with E-state index in [0.29, 0.717) is 5.92 Å². The quantitative estimate of drug-likeness (QED) is 0.246. The third kappa shape index (κ3) is 4.02. The number of thiophene rings is 1. The monoisotopic (exact) mass is 489 g/mol. The van der Waals surface area contributed by atoms with Gasteiger partial charge in [-0.2, -0.15) is 0 Å². The Labute approximate surface area is 216 Å². The Kier molecular flexibility index (Phi) is 5.49. The van der Waals surface area contributed by atoms with Gasteiger partial charge in [-0.1, -0.05) is 65.0 Å². The fourth-order valence-corrected chi connectivity index (χ4v) is 6.19. The Hall–Kier alpha value is -3.43. The van der Waals surface area contributed by atoms with Gasteiger partial charge in [-0.05, 0) is 76.1 Å². The molecule has 3 aromatic heterocycles. The predicted octanol–water partition coefficient (Wildman–Crippen LogP) is 10.0. The molecule has 0 amide bonds. The summed E-state index contributed by atoms with van der Waals surface area (Å²) in [4.78, 5) is 4.85. The van der Waals surface area contributed by atoms with Gasteiger partial charge in [0.2, 0.25) is 0 Å². The molecule has 6 rings (SSSR count). The van der Waals surface area contributed by atoms with Crippen LogP contribution >= 0.6 is 11.3 Å². The molecular weight excluding hydrogens is 458 g/mol. The molecule has 6 aromatic rings. The van der Waals surface area contributed by atoms with Crippen LogP contribution in [0.4, 0.5) is 0 Å². The molecule has 180 valence electrons. The predicted molar refractivity (Wildman–Crippen MR) is 155 cm³/mol. The van der Waals surface area contributed by atoms with E-state index >= 15 is 0 Å². The third-order valence-corrected chi connectivity index (χ3v) is 7.90. The largest absolute Gasteiger partial charge is 0.456 e. The van der Waals surface area contributed by atoms with Gasteiger partial charge in [-0.15, -0.1) is 11.3 Å². The van der Waals surface area contributed by atoms with Crippen molar-refractivity contribution < 1.29 is 4.42 Å². The van der Waals surface area contributed by atoms with E-state index in [2.05, 4.69) is 101 Å². The van der Waals surface area contributed by atoms with Crippen molar-refractivity contribution in [2.45, 2.75) is 46.5 Å². The van der Waals surface area contributed by atoms with Gasteiger partial charge in [0.25, 0.3) is 0 Å². The van der Waals surface area contributed by atoms with Crippen molar-refractivity contribution in [3.63, 3.8) is 0 Å². The second kappa shape index (κ2) is 8.60. The summed E-state index contributed by atoms with van der Waals surface area (Å²) in [5.41, 5.74) is 6.87. The molecule has 0 aliphatic carbocycles. The van der Waals surface area contributed by atoms with Gasteiger partial charge in [-0.3, -0.25) is 4.98 Å². The van der Waals surface area contributed by atoms with Crippen molar-refractivity contribution in [1.29, 1.82) is 0 Å². The van der Waals surface area contributed by atoms with E-state index in [-0.39, 0.29) is 5.41 Å². The van der Waals surface area contributed by atoms with Crippen LogP contribution in [0.25, 0.3) is 54.4 Å². The van der Waals surface area contributed by atoms with Gasteiger partial charge >= 0.3 is 0 Å². The first-order chi connectivity index (χ1) is 17.3. The molecule has 2 nitrogen and oxygen atoms in total. The number of nitrogens with zero attached hydrogens (tertiary/aromatic N) is 1. The molecule has 0 saturated heterocycles. The molecule has 0 saturated carbocycles. The van der Waals surface area contributed by atoms with Gasteiger partial charge < -0.3 is 4.42 Å². The number of aromatic nitrogens is 1. The van der Waals surface area contributed by atoms with Crippen LogP contribution in [0.3, 0.4) is 0 Å². The van der Waals surface area contributed by atoms with Crippen molar-refractivity contribution in [3.05, 3.63) is 89.4 Å². The maximum absolute atomic E-state index is 6.46. The summed E-state index contributed by atoms with van der Waals surface area (Å²) in [7, 11) is 0. The van der Waals surface area contributed by atoms with Crippen LogP contribution < -0.4 is 0 Å². The SMILES string of the molecule is CC(C)Cc1ccc2scc(-c3cc4c(-c5cc(C(C)(C)C)c6ccccc6c5)nccc4o3)c2c1. The highest BCUT2D eigenvalue weighted by Gasteiger charge is 2.20. The minimum atomic E-state index is 0.0222. The molecule has 0 atom stereocenters. The van der Waals surface area contributed by atoms with Gasteiger partial charge in [0.15, 0.2) is 0 Å². The van der Waals surface area contributed by atoms with Crippen LogP contribution in [0, 0.1) is 5.92 Å². The Bertz CT molecular complexity index is 1730. The molecule has 0 aliphatic rings. The maximum atomic E-state index is 6.46. The molecule has 0 bridgehead atoms. The van der Waals surface area contributed by atoms with Crippen LogP contribution in [0.5, 0.6) is 0 Å². The second-order valence-electron chi connectivity index (χ2n) is 11.3. The molecule has 36 heavy (non-hydrogen) atoms. The highest BCUT2D eigenvalue weighted by Crippen LogP contribution is 2.41. The Balaban J connectivity index is 1.52. The molecule has 0 fully saturated rings. The Morgan fingerprint density at radius 1 is 0.889 bits per heavy atom. The summed E-state index contributed by atoms with van der Waals surface area (Å²) >= 11 is 1.78. The van der Waals surface area contributed by atoms with Gasteiger partial charge in [0.1, 0.15) is 11.3 Å². The zero-order valence-corrected chi connectivity index (χ0v) is 22.4. The van der Waals surface area contributed by atoms with Crippen molar-refractivity contribution in [1.82, 2.24) is 4.98 Å². The van der Waals surface area contributed by atoms with Crippen molar-refractivity contribution in [2.75, 3.05) is 0 Å². The van der Waals surface area contributed by atoms with Crippen LogP contribution in [-0.2, 0) is 11.8 Å². The van der Waals surface area contributed by atoms with Crippen LogP contribution in [-0.4, -0.2) is 4.98 Å². The lowest BCUT2D eigenvalue weighted by Gasteiger charge is -2.22. The molecule has 0 spiro atoms. The van der Waals surface area contributed by atoms with Crippen molar-refractivity contribution in [3.8, 4) is 22.6 Å². The summed E-state index contributed by atoms with van der Waals surface area (Å²) in [5, 5.41) is 7.09. The number of benzene rings is 3. The van der Waals surface area contributed by atoms with Gasteiger partial charge in [0.05, 0.1) is 5.69 Å². The van der Waals surface area contributed by atoms with E-state index in [0.717, 1.165) is 40.0 Å². The first-order valence-corrected chi connectivity index (χ1v) is 13.6. The first-order valence-electron chi connectivity index (χ1n) is 12.7. The summed E-state index contributed by atoms with van der Waals surface area (Å²) in [6.45, 7) is 11.4. The van der Waals surface area contributed by atoms with E-state index in [4.69, 9.17) is 9.40 Å². The zero-order chi connectivity index (χ0) is 25.0. The average Bonchev–Trinajstić information content (AvgIpc) is 3.46. The molecular formula is C33H31NOS. The summed E-state index contributed by atoms with van der Waals surface area (Å²) in [6, 6.07) is 24.2. The minimum Gasteiger partial charge on any atom is -0.456 e. The highest BCUT2D eigenvalue weighted by molar-refractivity contribution is 7.17. The van der Waals surface area contributed by atoms with Crippen molar-refractivity contribution in [2.24, 2.45) is 5.92 Å². The fourth-order valence-electron chi connectivity index (χ4n) is 5.26. The molecule has 3 heteroatoms. The first kappa shape index (κ1) is 23.0. The Morgan fingerprint density at radius 3 is 2.53 bits per heavy atom. The van der Waals surface area contributed by atoms with Crippen LogP contribution in [0.2, 0.25) is 0 Å². The lowest BCUT2D eigenvalue weighted by molar-refractivity contribution is 0.596. The number of furan rings is 1. The average molecular weight is 490 g/mol. The van der Waals surface area contributed by atoms with E-state index in [9.17, 15) is 0 Å². The molecule has 3 heterocycles. The minimum absolute atomic E-state index is 0.0222. The standard InChI is InChI=1S/C33H31NOS/c1-20(2)14-21-10-11-31-25(15-21)27(19-36-31)30-18-26-29(35-30)12-13-34-32(26)23-16-22-8-6-7-9-24(22)28(17-23)33(3,4)5/h6-13,15-20H,14H2,1-5H3. The molecule has 0 radical (unpaired) electrons. The number of hydrogen-bond acceptors (Lipinski definition) is 3. The number of hydrogen-bond donors (Lipinski definition) is 0. The second-order valence-corrected chi connectivity index (χ2v) is 12.2. The van der Waals surface area contributed by atoms with Gasteiger partial charge in [-0.25, -0.2) is 0 Å². The number of fused-ring (bicyclic) bond motifs is 3. The van der Waals surface area contributed by atoms with E-state index in [1.165, 1.54) is 32.0 Å². The third-order valence-electron chi connectivity index (χ3n) is 6.94. The zero-order valence-electron chi connectivity index (χ0n) is 21.6. The molecule has 0 N–H and O–H groups in total. The summed E-state index contributed by atoms with van der Waals surface area (Å²) < 4.78 is 7.75. The van der Waals surface area contributed by atoms with E-state index < -0.39 is 0 Å². The normalized spacial score (nSPS) is 12.4. The Morgan fingerprint density at radius 2 is 1.72 bits per heavy atom. The summed E-state index contributed by atoms with van der Waals surface area (Å²) in [5.74, 6) is 1.54. The van der Waals surface area contributed by atoms with E-state index in [1.54, 1.807) is 11.3 Å². The fraction of sp³-hybridized carbons (Fsp3) is 0.242. The van der Waals surface area contributed by atoms with Crippen molar-refractivity contribution >= 4 is 43.2 Å². The summed E-state index contributed by atoms with van der Waals surface area (Å²) in [6.07, 6.45) is 2.95. The lowest BCUT2D eigenvalue weighted by atomic mass is 9.82. The smallest absolute Gasteiger partial charge is 0.138 e. The molecule has 3 aromatic carbocycles. The maximum Gasteiger partial charge on any atom is 0.138 e. The topological polar surface area (TPSA) is 26.0 Å². The van der Waals surface area contributed by atoms with Gasteiger partial charge in [0, 0.05) is 38.2 Å². The van der Waals surface area contributed by atoms with Crippen LogP contribution in [0.1, 0.15) is 45.7 Å². The number of pyridine rings is 1. The highest BCUT2D eigenvalue weighted by atomic mass is 32.1. The number of rotatable bonds is 4. The lowest BCUT2D eigenvalue weighted by Crippen LogP contribution is -2.12.